The normalized spacial score (nSPS) is 22.9. The molecule has 2 aliphatic heterocycles. The van der Waals surface area contributed by atoms with Crippen LogP contribution in [0.5, 0.6) is 0 Å². The highest BCUT2D eigenvalue weighted by molar-refractivity contribution is 5.95. The van der Waals surface area contributed by atoms with Gasteiger partial charge in [-0.15, -0.1) is 0 Å². The minimum absolute atomic E-state index is 0.0776. The van der Waals surface area contributed by atoms with Crippen molar-refractivity contribution in [1.82, 2.24) is 14.8 Å². The highest BCUT2D eigenvalue weighted by Gasteiger charge is 2.41. The van der Waals surface area contributed by atoms with Gasteiger partial charge in [0.25, 0.3) is 0 Å². The van der Waals surface area contributed by atoms with E-state index in [-0.39, 0.29) is 24.4 Å². The van der Waals surface area contributed by atoms with Crippen LogP contribution in [0.1, 0.15) is 24.0 Å². The molecule has 0 saturated carbocycles. The van der Waals surface area contributed by atoms with E-state index in [1.807, 2.05) is 13.0 Å². The lowest BCUT2D eigenvalue weighted by Crippen LogP contribution is -2.56. The van der Waals surface area contributed by atoms with Crippen LogP contribution in [0.4, 0.5) is 0 Å². The summed E-state index contributed by atoms with van der Waals surface area (Å²) in [6.07, 6.45) is 5.24. The van der Waals surface area contributed by atoms with Crippen molar-refractivity contribution >= 4 is 11.8 Å². The van der Waals surface area contributed by atoms with Crippen molar-refractivity contribution in [2.75, 3.05) is 13.1 Å². The molecule has 2 amide bonds. The minimum Gasteiger partial charge on any atom is -0.329 e. The Labute approximate surface area is 112 Å². The summed E-state index contributed by atoms with van der Waals surface area (Å²) in [6.45, 7) is 3.41. The lowest BCUT2D eigenvalue weighted by atomic mass is 10.1. The summed E-state index contributed by atoms with van der Waals surface area (Å²) >= 11 is 0. The molecule has 0 radical (unpaired) electrons. The number of hydrogen-bond donors (Lipinski definition) is 0. The van der Waals surface area contributed by atoms with Gasteiger partial charge < -0.3 is 9.80 Å². The average molecular weight is 259 g/mol. The summed E-state index contributed by atoms with van der Waals surface area (Å²) in [4.78, 5) is 31.9. The highest BCUT2D eigenvalue weighted by atomic mass is 16.2. The molecule has 1 unspecified atom stereocenters. The number of fused-ring (bicyclic) bond motifs is 1. The van der Waals surface area contributed by atoms with E-state index in [4.69, 9.17) is 0 Å². The smallest absolute Gasteiger partial charge is 0.246 e. The Morgan fingerprint density at radius 3 is 3.05 bits per heavy atom. The van der Waals surface area contributed by atoms with Gasteiger partial charge in [0.2, 0.25) is 11.8 Å². The summed E-state index contributed by atoms with van der Waals surface area (Å²) in [5, 5.41) is 0. The molecule has 3 rings (SSSR count). The maximum absolute atomic E-state index is 12.4. The maximum Gasteiger partial charge on any atom is 0.246 e. The molecule has 2 aliphatic rings. The van der Waals surface area contributed by atoms with Crippen molar-refractivity contribution in [2.45, 2.75) is 32.4 Å². The fourth-order valence-electron chi connectivity index (χ4n) is 2.88. The third-order valence-electron chi connectivity index (χ3n) is 3.99. The van der Waals surface area contributed by atoms with Gasteiger partial charge in [0, 0.05) is 25.5 Å². The lowest BCUT2D eigenvalue weighted by molar-refractivity contribution is -0.154. The van der Waals surface area contributed by atoms with E-state index in [2.05, 4.69) is 4.98 Å². The second-order valence-electron chi connectivity index (χ2n) is 5.24. The number of carbonyl (C=O) groups excluding carboxylic acids is 2. The Hall–Kier alpha value is -1.91. The largest absolute Gasteiger partial charge is 0.329 e. The first kappa shape index (κ1) is 12.1. The first-order valence-electron chi connectivity index (χ1n) is 6.64. The molecule has 5 nitrogen and oxygen atoms in total. The van der Waals surface area contributed by atoms with Crippen molar-refractivity contribution in [2.24, 2.45) is 0 Å². The van der Waals surface area contributed by atoms with Crippen LogP contribution in [0, 0.1) is 6.92 Å². The number of nitrogens with zero attached hydrogens (tertiary/aromatic N) is 3. The van der Waals surface area contributed by atoms with E-state index in [9.17, 15) is 9.59 Å². The zero-order valence-electron chi connectivity index (χ0n) is 11.0. The molecule has 1 atom stereocenters. The Bertz CT molecular complexity index is 529. The number of piperazine rings is 1. The van der Waals surface area contributed by atoms with Crippen LogP contribution >= 0.6 is 0 Å². The topological polar surface area (TPSA) is 53.5 Å². The van der Waals surface area contributed by atoms with E-state index in [0.29, 0.717) is 6.54 Å². The van der Waals surface area contributed by atoms with Crippen molar-refractivity contribution in [3.8, 4) is 0 Å². The SMILES string of the molecule is Cc1cnccc1CN1CC(=O)N2CCCC2C1=O. The predicted molar refractivity (Wildman–Crippen MR) is 69.1 cm³/mol. The van der Waals surface area contributed by atoms with Crippen LogP contribution in [-0.2, 0) is 16.1 Å². The van der Waals surface area contributed by atoms with Gasteiger partial charge in [-0.3, -0.25) is 14.6 Å². The van der Waals surface area contributed by atoms with E-state index in [1.54, 1.807) is 22.2 Å². The molecule has 1 aromatic heterocycles. The van der Waals surface area contributed by atoms with Gasteiger partial charge in [0.1, 0.15) is 12.6 Å². The monoisotopic (exact) mass is 259 g/mol. The zero-order chi connectivity index (χ0) is 13.4. The number of rotatable bonds is 2. The number of hydrogen-bond acceptors (Lipinski definition) is 3. The van der Waals surface area contributed by atoms with E-state index in [1.165, 1.54) is 0 Å². The standard InChI is InChI=1S/C14H17N3O2/c1-10-7-15-5-4-11(10)8-16-9-13(18)17-6-2-3-12(17)14(16)19/h4-5,7,12H,2-3,6,8-9H2,1H3. The fraction of sp³-hybridized carbons (Fsp3) is 0.500. The number of aryl methyl sites for hydroxylation is 1. The van der Waals surface area contributed by atoms with Gasteiger partial charge in [-0.05, 0) is 37.0 Å². The van der Waals surface area contributed by atoms with E-state index in [0.717, 1.165) is 30.5 Å². The summed E-state index contributed by atoms with van der Waals surface area (Å²) in [5.41, 5.74) is 2.11. The van der Waals surface area contributed by atoms with Crippen LogP contribution < -0.4 is 0 Å². The van der Waals surface area contributed by atoms with Gasteiger partial charge in [-0.2, -0.15) is 0 Å². The Morgan fingerprint density at radius 2 is 2.26 bits per heavy atom. The van der Waals surface area contributed by atoms with Gasteiger partial charge in [0.15, 0.2) is 0 Å². The maximum atomic E-state index is 12.4. The first-order valence-corrected chi connectivity index (χ1v) is 6.64. The van der Waals surface area contributed by atoms with Gasteiger partial charge in [-0.1, -0.05) is 0 Å². The van der Waals surface area contributed by atoms with Gasteiger partial charge >= 0.3 is 0 Å². The van der Waals surface area contributed by atoms with Gasteiger partial charge in [0.05, 0.1) is 0 Å². The minimum atomic E-state index is -0.219. The van der Waals surface area contributed by atoms with Crippen molar-refractivity contribution in [1.29, 1.82) is 0 Å². The van der Waals surface area contributed by atoms with Gasteiger partial charge in [-0.25, -0.2) is 0 Å². The van der Waals surface area contributed by atoms with Crippen molar-refractivity contribution in [3.05, 3.63) is 29.6 Å². The molecule has 0 bridgehead atoms. The molecule has 0 spiro atoms. The van der Waals surface area contributed by atoms with Crippen LogP contribution in [0.25, 0.3) is 0 Å². The molecule has 3 heterocycles. The molecule has 0 aromatic carbocycles. The molecule has 0 N–H and O–H groups in total. The Kier molecular flexibility index (Phi) is 2.97. The Balaban J connectivity index is 1.80. The quantitative estimate of drug-likeness (QED) is 0.786. The highest BCUT2D eigenvalue weighted by Crippen LogP contribution is 2.24. The summed E-state index contributed by atoms with van der Waals surface area (Å²) in [6, 6.07) is 1.69. The molecule has 0 aliphatic carbocycles. The molecule has 100 valence electrons. The summed E-state index contributed by atoms with van der Waals surface area (Å²) < 4.78 is 0. The molecular weight excluding hydrogens is 242 g/mol. The zero-order valence-corrected chi connectivity index (χ0v) is 11.0. The number of pyridine rings is 1. The Morgan fingerprint density at radius 1 is 1.42 bits per heavy atom. The fourth-order valence-corrected chi connectivity index (χ4v) is 2.88. The lowest BCUT2D eigenvalue weighted by Gasteiger charge is -2.36. The number of amides is 2. The molecule has 19 heavy (non-hydrogen) atoms. The second kappa shape index (κ2) is 4.64. The second-order valence-corrected chi connectivity index (χ2v) is 5.24. The van der Waals surface area contributed by atoms with Crippen LogP contribution in [0.2, 0.25) is 0 Å². The molecule has 2 saturated heterocycles. The predicted octanol–water partition coefficient (Wildman–Crippen LogP) is 0.723. The van der Waals surface area contributed by atoms with Crippen molar-refractivity contribution < 1.29 is 9.59 Å². The first-order chi connectivity index (χ1) is 9.16. The number of aromatic nitrogens is 1. The molecule has 5 heteroatoms. The van der Waals surface area contributed by atoms with Crippen LogP contribution in [0.3, 0.4) is 0 Å². The third kappa shape index (κ3) is 2.09. The van der Waals surface area contributed by atoms with Crippen molar-refractivity contribution in [3.63, 3.8) is 0 Å². The molecular formula is C14H17N3O2. The molecule has 2 fully saturated rings. The van der Waals surface area contributed by atoms with E-state index < -0.39 is 0 Å². The average Bonchev–Trinajstić information content (AvgIpc) is 2.88. The summed E-state index contributed by atoms with van der Waals surface area (Å²) in [7, 11) is 0. The number of carbonyl (C=O) groups is 2. The third-order valence-corrected chi connectivity index (χ3v) is 3.99. The van der Waals surface area contributed by atoms with E-state index >= 15 is 0 Å². The van der Waals surface area contributed by atoms with Crippen LogP contribution in [-0.4, -0.2) is 45.7 Å². The summed E-state index contributed by atoms with van der Waals surface area (Å²) in [5.74, 6) is 0.169. The molecule has 1 aromatic rings. The van der Waals surface area contributed by atoms with Crippen LogP contribution in [0.15, 0.2) is 18.5 Å².